The molecular formula is C13H14N2O6S. The zero-order chi connectivity index (χ0) is 16.9. The van der Waals surface area contributed by atoms with E-state index >= 15 is 0 Å². The summed E-state index contributed by atoms with van der Waals surface area (Å²) in [7, 11) is 0. The lowest BCUT2D eigenvalue weighted by Crippen LogP contribution is -2.18. The zero-order valence-electron chi connectivity index (χ0n) is 12.2. The second-order valence-electron chi connectivity index (χ2n) is 4.04. The molecule has 0 aliphatic heterocycles. The van der Waals surface area contributed by atoms with Crippen LogP contribution in [0, 0.1) is 28.4 Å². The third kappa shape index (κ3) is 3.40. The van der Waals surface area contributed by atoms with Gasteiger partial charge in [-0.2, -0.15) is 5.26 Å². The number of nitriles is 1. The van der Waals surface area contributed by atoms with Gasteiger partial charge in [0.15, 0.2) is 5.92 Å². The normalized spacial score (nSPS) is 11.4. The fourth-order valence-electron chi connectivity index (χ4n) is 1.87. The van der Waals surface area contributed by atoms with Crippen molar-refractivity contribution in [2.75, 3.05) is 13.2 Å². The van der Waals surface area contributed by atoms with Gasteiger partial charge in [0.05, 0.1) is 35.3 Å². The van der Waals surface area contributed by atoms with Crippen molar-refractivity contribution in [3.63, 3.8) is 0 Å². The van der Waals surface area contributed by atoms with E-state index in [9.17, 15) is 25.0 Å². The Balaban J connectivity index is 3.53. The molecule has 1 aromatic heterocycles. The predicted molar refractivity (Wildman–Crippen MR) is 76.7 cm³/mol. The molecule has 0 N–H and O–H groups in total. The molecule has 1 rings (SSSR count). The van der Waals surface area contributed by atoms with Crippen LogP contribution in [-0.2, 0) is 14.3 Å². The van der Waals surface area contributed by atoms with Crippen molar-refractivity contribution in [3.05, 3.63) is 26.1 Å². The highest BCUT2D eigenvalue weighted by atomic mass is 32.1. The SMILES string of the molecule is CCOC(=O)c1c(C)sc([N+](=O)[O-])c1C(C#N)C(=O)OCC. The van der Waals surface area contributed by atoms with Crippen LogP contribution in [-0.4, -0.2) is 30.1 Å². The second kappa shape index (κ2) is 7.51. The van der Waals surface area contributed by atoms with E-state index in [-0.39, 0.29) is 24.3 Å². The van der Waals surface area contributed by atoms with Gasteiger partial charge in [-0.1, -0.05) is 11.3 Å². The van der Waals surface area contributed by atoms with Gasteiger partial charge in [0.2, 0.25) is 0 Å². The van der Waals surface area contributed by atoms with Crippen LogP contribution < -0.4 is 0 Å². The Morgan fingerprint density at radius 3 is 2.41 bits per heavy atom. The van der Waals surface area contributed by atoms with E-state index in [4.69, 9.17) is 9.47 Å². The van der Waals surface area contributed by atoms with Crippen molar-refractivity contribution in [3.8, 4) is 6.07 Å². The lowest BCUT2D eigenvalue weighted by molar-refractivity contribution is -0.380. The Labute approximate surface area is 130 Å². The number of aryl methyl sites for hydroxylation is 1. The van der Waals surface area contributed by atoms with Crippen LogP contribution in [0.4, 0.5) is 5.00 Å². The molecular weight excluding hydrogens is 312 g/mol. The molecule has 0 fully saturated rings. The maximum Gasteiger partial charge on any atom is 0.339 e. The number of nitrogens with zero attached hydrogens (tertiary/aromatic N) is 2. The second-order valence-corrected chi connectivity index (χ2v) is 5.25. The standard InChI is InChI=1S/C13H14N2O6S/c1-4-20-12(16)8(6-14)10-9(13(17)21-5-2)7(3)22-11(10)15(18)19/h8H,4-5H2,1-3H3. The summed E-state index contributed by atoms with van der Waals surface area (Å²) in [6.45, 7) is 4.71. The molecule has 0 bridgehead atoms. The summed E-state index contributed by atoms with van der Waals surface area (Å²) in [6, 6.07) is 1.67. The van der Waals surface area contributed by atoms with Crippen molar-refractivity contribution < 1.29 is 24.0 Å². The minimum atomic E-state index is -1.55. The molecule has 0 radical (unpaired) electrons. The van der Waals surface area contributed by atoms with Crippen molar-refractivity contribution in [2.45, 2.75) is 26.7 Å². The van der Waals surface area contributed by atoms with Crippen LogP contribution in [0.15, 0.2) is 0 Å². The third-order valence-electron chi connectivity index (χ3n) is 2.69. The van der Waals surface area contributed by atoms with E-state index in [1.165, 1.54) is 6.92 Å². The minimum absolute atomic E-state index is 0.0165. The van der Waals surface area contributed by atoms with Crippen molar-refractivity contribution >= 4 is 28.3 Å². The quantitative estimate of drug-likeness (QED) is 0.447. The summed E-state index contributed by atoms with van der Waals surface area (Å²) in [5.74, 6) is -3.29. The molecule has 1 atom stereocenters. The number of nitro groups is 1. The molecule has 0 spiro atoms. The first-order chi connectivity index (χ1) is 10.4. The van der Waals surface area contributed by atoms with Gasteiger partial charge in [-0.05, 0) is 20.8 Å². The first kappa shape index (κ1) is 17.6. The average Bonchev–Trinajstić information content (AvgIpc) is 2.78. The van der Waals surface area contributed by atoms with Crippen LogP contribution in [0.25, 0.3) is 0 Å². The first-order valence-electron chi connectivity index (χ1n) is 6.39. The third-order valence-corrected chi connectivity index (χ3v) is 3.76. The molecule has 1 heterocycles. The van der Waals surface area contributed by atoms with Crippen LogP contribution in [0.5, 0.6) is 0 Å². The Hall–Kier alpha value is -2.47. The maximum atomic E-state index is 12.0. The molecule has 0 amide bonds. The molecule has 9 heteroatoms. The lowest BCUT2D eigenvalue weighted by atomic mass is 9.97. The summed E-state index contributed by atoms with van der Waals surface area (Å²) in [4.78, 5) is 34.7. The predicted octanol–water partition coefficient (Wildman–Crippen LogP) is 2.31. The smallest absolute Gasteiger partial charge is 0.339 e. The van der Waals surface area contributed by atoms with Gasteiger partial charge in [-0.3, -0.25) is 14.9 Å². The Kier molecular flexibility index (Phi) is 6.00. The molecule has 0 aromatic carbocycles. The summed E-state index contributed by atoms with van der Waals surface area (Å²) in [5.41, 5.74) is -0.370. The van der Waals surface area contributed by atoms with E-state index < -0.39 is 27.8 Å². The molecule has 1 unspecified atom stereocenters. The van der Waals surface area contributed by atoms with E-state index in [0.29, 0.717) is 4.88 Å². The van der Waals surface area contributed by atoms with Crippen LogP contribution >= 0.6 is 11.3 Å². The number of rotatable bonds is 6. The number of carbonyl (C=O) groups is 2. The molecule has 0 saturated heterocycles. The lowest BCUT2D eigenvalue weighted by Gasteiger charge is -2.09. The fraction of sp³-hybridized carbons (Fsp3) is 0.462. The van der Waals surface area contributed by atoms with Crippen molar-refractivity contribution in [1.82, 2.24) is 0 Å². The molecule has 22 heavy (non-hydrogen) atoms. The number of carbonyl (C=O) groups excluding carboxylic acids is 2. The van der Waals surface area contributed by atoms with E-state index in [2.05, 4.69) is 0 Å². The average molecular weight is 326 g/mol. The highest BCUT2D eigenvalue weighted by Gasteiger charge is 2.38. The highest BCUT2D eigenvalue weighted by molar-refractivity contribution is 7.15. The largest absolute Gasteiger partial charge is 0.465 e. The number of thiophene rings is 1. The maximum absolute atomic E-state index is 12.0. The van der Waals surface area contributed by atoms with E-state index in [0.717, 1.165) is 11.3 Å². The van der Waals surface area contributed by atoms with Gasteiger partial charge >= 0.3 is 16.9 Å². The van der Waals surface area contributed by atoms with E-state index in [1.54, 1.807) is 19.9 Å². The van der Waals surface area contributed by atoms with Crippen LogP contribution in [0.1, 0.15) is 40.6 Å². The van der Waals surface area contributed by atoms with Crippen LogP contribution in [0.2, 0.25) is 0 Å². The number of hydrogen-bond acceptors (Lipinski definition) is 8. The summed E-state index contributed by atoms with van der Waals surface area (Å²) >= 11 is 0.724. The van der Waals surface area contributed by atoms with Crippen LogP contribution in [0.3, 0.4) is 0 Å². The summed E-state index contributed by atoms with van der Waals surface area (Å²) < 4.78 is 9.62. The summed E-state index contributed by atoms with van der Waals surface area (Å²) in [6.07, 6.45) is 0. The van der Waals surface area contributed by atoms with Gasteiger partial charge in [0.1, 0.15) is 0 Å². The van der Waals surface area contributed by atoms with E-state index in [1.807, 2.05) is 0 Å². The number of hydrogen-bond donors (Lipinski definition) is 0. The Morgan fingerprint density at radius 2 is 1.95 bits per heavy atom. The molecule has 8 nitrogen and oxygen atoms in total. The monoisotopic (exact) mass is 326 g/mol. The number of esters is 2. The van der Waals surface area contributed by atoms with Crippen molar-refractivity contribution in [1.29, 1.82) is 5.26 Å². The Bertz CT molecular complexity index is 646. The van der Waals surface area contributed by atoms with Gasteiger partial charge in [-0.25, -0.2) is 4.79 Å². The van der Waals surface area contributed by atoms with Gasteiger partial charge in [0.25, 0.3) is 0 Å². The first-order valence-corrected chi connectivity index (χ1v) is 7.21. The molecule has 0 saturated carbocycles. The molecule has 0 aliphatic carbocycles. The molecule has 0 aliphatic rings. The van der Waals surface area contributed by atoms with Crippen molar-refractivity contribution in [2.24, 2.45) is 0 Å². The number of ether oxygens (including phenoxy) is 2. The van der Waals surface area contributed by atoms with Gasteiger partial charge in [-0.15, -0.1) is 0 Å². The topological polar surface area (TPSA) is 120 Å². The Morgan fingerprint density at radius 1 is 1.36 bits per heavy atom. The molecule has 118 valence electrons. The summed E-state index contributed by atoms with van der Waals surface area (Å²) in [5, 5.41) is 19.9. The van der Waals surface area contributed by atoms with Gasteiger partial charge in [0, 0.05) is 4.88 Å². The minimum Gasteiger partial charge on any atom is -0.465 e. The fourth-order valence-corrected chi connectivity index (χ4v) is 2.86. The van der Waals surface area contributed by atoms with Gasteiger partial charge < -0.3 is 9.47 Å². The highest BCUT2D eigenvalue weighted by Crippen LogP contribution is 2.40. The molecule has 1 aromatic rings. The zero-order valence-corrected chi connectivity index (χ0v) is 13.1.